The van der Waals surface area contributed by atoms with Crippen LogP contribution in [0, 0.1) is 0 Å². The number of phosphoric ester groups is 3. The van der Waals surface area contributed by atoms with E-state index in [2.05, 4.69) is 54.4 Å². The van der Waals surface area contributed by atoms with E-state index in [0.29, 0.717) is 4.57 Å². The van der Waals surface area contributed by atoms with E-state index in [9.17, 15) is 119 Å². The number of methoxy groups -OCH3 is 1. The smallest absolute Gasteiger partial charge is 0.351 e. The highest BCUT2D eigenvalue weighted by Gasteiger charge is 2.48. The van der Waals surface area contributed by atoms with E-state index in [0.717, 1.165) is 34.7 Å². The van der Waals surface area contributed by atoms with Crippen LogP contribution in [0.2, 0.25) is 0 Å². The SMILES string of the molecule is COC1[C@@H](O)[C@@H](COP(=O)([O-])OP(=O)([O-])OP(=O)([O-])O)O[C@H]1n1ccc(N)nc1=O.Nc1ccn([C@@H]2O[C@H](COP(=O)([O-])OP(=O)([O-])OP(=O)([O-])O)[C@H](O)C2F)c(=O)n1.Nc1ccn([C@@H]2O[C@H](COP(=O)([O-])OP(=O)([O-])OP(=O)([O-])O)[C@H](O)C2N)c(=O)n1. The molecule has 0 radical (unpaired) electrons. The van der Waals surface area contributed by atoms with Crippen LogP contribution in [0.4, 0.5) is 21.8 Å². The summed E-state index contributed by atoms with van der Waals surface area (Å²) < 4.78 is 168. The number of alkyl halides is 1. The third kappa shape index (κ3) is 24.1. The van der Waals surface area contributed by atoms with Gasteiger partial charge in [-0.25, -0.2) is 44.6 Å². The number of rotatable bonds is 25. The molecule has 6 heterocycles. The van der Waals surface area contributed by atoms with Crippen molar-refractivity contribution in [1.82, 2.24) is 28.7 Å². The van der Waals surface area contributed by atoms with Crippen LogP contribution >= 0.6 is 70.4 Å². The van der Waals surface area contributed by atoms with Crippen LogP contribution in [0.1, 0.15) is 18.7 Å². The van der Waals surface area contributed by atoms with E-state index in [4.69, 9.17) is 56.6 Å². The average Bonchev–Trinajstić information content (AvgIpc) is 1.97. The van der Waals surface area contributed by atoms with Gasteiger partial charge in [0.15, 0.2) is 24.9 Å². The minimum absolute atomic E-state index is 0.0946. The first-order valence-electron chi connectivity index (χ1n) is 22.0. The number of hydrogen-bond donors (Lipinski definition) is 10. The van der Waals surface area contributed by atoms with Gasteiger partial charge in [-0.2, -0.15) is 15.0 Å². The summed E-state index contributed by atoms with van der Waals surface area (Å²) in [5, 5.41) is 30.1. The minimum atomic E-state index is -6.11. The van der Waals surface area contributed by atoms with Gasteiger partial charge in [0.25, 0.3) is 70.4 Å². The first-order valence-corrected chi connectivity index (χ1v) is 35.3. The first-order chi connectivity index (χ1) is 39.8. The Morgan fingerprint density at radius 3 is 1.09 bits per heavy atom. The number of ether oxygens (including phenoxy) is 4. The highest BCUT2D eigenvalue weighted by Crippen LogP contribution is 2.64. The van der Waals surface area contributed by atoms with E-state index in [1.807, 2.05) is 0 Å². The molecule has 50 nitrogen and oxygen atoms in total. The molecule has 3 aliphatic heterocycles. The average molecular weight is 1460 g/mol. The number of halogens is 1. The van der Waals surface area contributed by atoms with E-state index >= 15 is 0 Å². The molecule has 0 aliphatic carbocycles. The second-order valence-electron chi connectivity index (χ2n) is 16.5. The number of phosphoric acid groups is 9. The van der Waals surface area contributed by atoms with Gasteiger partial charge in [0.1, 0.15) is 60.2 Å². The van der Waals surface area contributed by atoms with Crippen LogP contribution in [-0.4, -0.2) is 141 Å². The molecule has 6 rings (SSSR count). The third-order valence-electron chi connectivity index (χ3n) is 10.1. The number of hydrogen-bond acceptors (Lipinski definition) is 44. The van der Waals surface area contributed by atoms with E-state index in [1.54, 1.807) is 0 Å². The Bertz CT molecular complexity index is 3440. The van der Waals surface area contributed by atoms with Crippen molar-refractivity contribution < 1.29 is 178 Å². The van der Waals surface area contributed by atoms with Crippen molar-refractivity contribution in [1.29, 1.82) is 0 Å². The summed E-state index contributed by atoms with van der Waals surface area (Å²) in [6.45, 7) is -3.29. The molecule has 3 fully saturated rings. The normalized spacial score (nSPS) is 30.8. The highest BCUT2D eigenvalue weighted by molar-refractivity contribution is 7.66. The number of nitrogen functional groups attached to an aromatic ring is 3. The predicted molar refractivity (Wildman–Crippen MR) is 252 cm³/mol. The number of aliphatic hydroxyl groups is 3. The van der Waals surface area contributed by atoms with E-state index < -0.39 is 181 Å². The van der Waals surface area contributed by atoms with Gasteiger partial charge in [0.05, 0.1) is 25.9 Å². The number of aliphatic hydroxyl groups excluding tert-OH is 3. The lowest BCUT2D eigenvalue weighted by Crippen LogP contribution is -2.42. The molecule has 0 spiro atoms. The Hall–Kier alpha value is -3.12. The molecule has 0 bridgehead atoms. The zero-order chi connectivity index (χ0) is 67.3. The molecule has 504 valence electrons. The Kier molecular flexibility index (Phi) is 26.3. The standard InChI is InChI=1S/C10H18N3O14P3.C9H15FN3O13P3.C9H17N4O13P3/c1-23-8-7(14)5(25-9(8)13-3-2-6(11)12-10(13)15)4-24-29(19,20)27-30(21,22)26-28(16,17)18;10-6-7(14)4(24-8(6)13-2-1-5(11)12-9(13)15)3-23-28(19,20)26-29(21,22)25-27(16,17)18;10-5-1-2-13(9(15)12-5)8-6(11)7(14)4(24-8)3-23-28(19,20)26-29(21,22)25-27(16,17)18/h2-3,5,7-9,14H,4H2,1H3,(H,19,20)(H,21,22)(H2,11,12,15)(H2,16,17,18);1-2,4,6-8,14H,3H2,(H,19,20)(H,21,22)(H2,11,12,15)(H2,16,17,18);1-2,4,6-8,14H,3,11H2,(H,19,20)(H,21,22)(H2,10,12,15)(H2,16,17,18)/p-9/t5-,7+,8?,9-;2*4-,6?,7+,8-/m111/s1. The topological polar surface area (TPSA) is 811 Å². The van der Waals surface area contributed by atoms with Crippen LogP contribution in [-0.2, 0) is 99.5 Å². The summed E-state index contributed by atoms with van der Waals surface area (Å²) in [6.07, 6.45) is -14.3. The van der Waals surface area contributed by atoms with Crippen LogP contribution in [0.15, 0.2) is 51.2 Å². The summed E-state index contributed by atoms with van der Waals surface area (Å²) in [7, 11) is -52.1. The molecule has 12 unspecified atom stereocenters. The first kappa shape index (κ1) is 77.3. The fraction of sp³-hybridized carbons (Fsp3) is 0.571. The zero-order valence-electron chi connectivity index (χ0n) is 42.5. The molecule has 0 saturated carbocycles. The molecule has 21 atom stereocenters. The van der Waals surface area contributed by atoms with Crippen LogP contribution in [0.25, 0.3) is 0 Å². The summed E-state index contributed by atoms with van der Waals surface area (Å²) in [6, 6.07) is 2.34. The zero-order valence-corrected chi connectivity index (χ0v) is 50.5. The maximum Gasteiger partial charge on any atom is 0.351 e. The Morgan fingerprint density at radius 2 is 0.773 bits per heavy atom. The van der Waals surface area contributed by atoms with Gasteiger partial charge in [0.2, 0.25) is 0 Å². The summed E-state index contributed by atoms with van der Waals surface area (Å²) in [5.41, 5.74) is 18.9. The molecule has 60 heteroatoms. The second-order valence-corrected chi connectivity index (χ2v) is 29.4. The fourth-order valence-electron chi connectivity index (χ4n) is 6.77. The van der Waals surface area contributed by atoms with Gasteiger partial charge in [-0.05, 0) is 18.2 Å². The third-order valence-corrected chi connectivity index (χ3v) is 21.1. The Labute approximate surface area is 485 Å². The summed E-state index contributed by atoms with van der Waals surface area (Å²) in [5.74, 6) is -0.375. The Morgan fingerprint density at radius 1 is 0.489 bits per heavy atom. The molecule has 3 aliphatic rings. The molecule has 0 amide bonds. The number of nitrogens with two attached hydrogens (primary N) is 4. The molecule has 14 N–H and O–H groups in total. The summed E-state index contributed by atoms with van der Waals surface area (Å²) >= 11 is 0. The van der Waals surface area contributed by atoms with Gasteiger partial charge in [-0.1, -0.05) is 0 Å². The van der Waals surface area contributed by atoms with Crippen molar-refractivity contribution >= 4 is 87.9 Å². The van der Waals surface area contributed by atoms with Crippen LogP contribution in [0.5, 0.6) is 0 Å². The van der Waals surface area contributed by atoms with Gasteiger partial charge in [-0.15, -0.1) is 0 Å². The molecule has 3 aromatic rings. The molecular formula is C28H41FN10O40P9-9. The van der Waals surface area contributed by atoms with Gasteiger partial charge in [-0.3, -0.25) is 54.8 Å². The van der Waals surface area contributed by atoms with Crippen molar-refractivity contribution in [3.8, 4) is 0 Å². The van der Waals surface area contributed by atoms with E-state index in [-0.39, 0.29) is 17.5 Å². The quantitative estimate of drug-likeness (QED) is 0.0352. The van der Waals surface area contributed by atoms with Crippen molar-refractivity contribution in [2.45, 2.75) is 73.6 Å². The lowest BCUT2D eigenvalue weighted by atomic mass is 10.1. The van der Waals surface area contributed by atoms with Crippen molar-refractivity contribution in [2.75, 3.05) is 44.1 Å². The monoisotopic (exact) mass is 1450 g/mol. The number of nitrogens with zero attached hydrogens (tertiary/aromatic N) is 6. The number of aromatic nitrogens is 6. The van der Waals surface area contributed by atoms with Gasteiger partial charge >= 0.3 is 17.1 Å². The van der Waals surface area contributed by atoms with Gasteiger partial charge in [0, 0.05) is 25.7 Å². The molecular weight excluding hydrogens is 1410 g/mol. The predicted octanol–water partition coefficient (Wildman–Crippen LogP) is -10.7. The second kappa shape index (κ2) is 29.9. The number of anilines is 3. The molecule has 3 aromatic heterocycles. The summed E-state index contributed by atoms with van der Waals surface area (Å²) in [4.78, 5) is 170. The lowest BCUT2D eigenvalue weighted by Gasteiger charge is -2.33. The van der Waals surface area contributed by atoms with E-state index in [1.165, 1.54) is 18.3 Å². The Balaban J connectivity index is 0.000000282. The van der Waals surface area contributed by atoms with Crippen molar-refractivity contribution in [2.24, 2.45) is 5.73 Å². The van der Waals surface area contributed by atoms with Crippen LogP contribution in [0.3, 0.4) is 0 Å². The lowest BCUT2D eigenvalue weighted by molar-refractivity contribution is -0.254. The maximum absolute atomic E-state index is 14.2. The molecule has 0 aromatic carbocycles. The van der Waals surface area contributed by atoms with Crippen LogP contribution < -0.4 is 84.0 Å². The maximum atomic E-state index is 14.2. The molecule has 3 saturated heterocycles. The highest BCUT2D eigenvalue weighted by atomic mass is 31.3. The van der Waals surface area contributed by atoms with Crippen molar-refractivity contribution in [3.63, 3.8) is 0 Å². The largest absolute Gasteiger partial charge is 0.756 e. The minimum Gasteiger partial charge on any atom is -0.756 e. The fourth-order valence-corrected chi connectivity index (χ4v) is 15.5. The molecule has 88 heavy (non-hydrogen) atoms. The van der Waals surface area contributed by atoms with Gasteiger partial charge < -0.3 is 129 Å². The van der Waals surface area contributed by atoms with Crippen molar-refractivity contribution in [3.05, 3.63) is 68.2 Å².